The van der Waals surface area contributed by atoms with Crippen LogP contribution in [0.3, 0.4) is 0 Å². The van der Waals surface area contributed by atoms with Crippen molar-refractivity contribution in [3.8, 4) is 0 Å². The van der Waals surface area contributed by atoms with Crippen LogP contribution in [0.2, 0.25) is 0 Å². The highest BCUT2D eigenvalue weighted by atomic mass is 127. The van der Waals surface area contributed by atoms with E-state index in [9.17, 15) is 4.79 Å². The van der Waals surface area contributed by atoms with Crippen molar-refractivity contribution in [2.75, 3.05) is 13.1 Å². The Morgan fingerprint density at radius 1 is 1.67 bits per heavy atom. The van der Waals surface area contributed by atoms with Crippen LogP contribution in [0.25, 0.3) is 0 Å². The first-order chi connectivity index (χ1) is 8.11. The fourth-order valence-corrected chi connectivity index (χ4v) is 3.65. The third-order valence-electron chi connectivity index (χ3n) is 3.33. The molecule has 18 heavy (non-hydrogen) atoms. The molecule has 1 aromatic heterocycles. The Labute approximate surface area is 132 Å². The molecule has 2 heterocycles. The minimum Gasteiger partial charge on any atom is -0.334 e. The van der Waals surface area contributed by atoms with Gasteiger partial charge in [-0.15, -0.1) is 23.7 Å². The number of amides is 1. The average Bonchev–Trinajstić information content (AvgIpc) is 2.75. The quantitative estimate of drug-likeness (QED) is 0.776. The molecule has 6 heteroatoms. The van der Waals surface area contributed by atoms with Crippen LogP contribution < -0.4 is 5.73 Å². The summed E-state index contributed by atoms with van der Waals surface area (Å²) >= 11 is 3.86. The number of nitrogens with two attached hydrogens (primary N) is 1. The SMILES string of the molecule is CC1CCN(C(=O)c2csc(I)c2)C(CN)C1.Cl. The van der Waals surface area contributed by atoms with Gasteiger partial charge in [0.15, 0.2) is 0 Å². The zero-order chi connectivity index (χ0) is 12.4. The van der Waals surface area contributed by atoms with Gasteiger partial charge < -0.3 is 10.6 Å². The maximum absolute atomic E-state index is 12.4. The van der Waals surface area contributed by atoms with Gasteiger partial charge in [0.25, 0.3) is 5.91 Å². The molecule has 0 saturated carbocycles. The number of nitrogens with zero attached hydrogens (tertiary/aromatic N) is 1. The van der Waals surface area contributed by atoms with Gasteiger partial charge in [-0.05, 0) is 47.4 Å². The Morgan fingerprint density at radius 3 is 2.94 bits per heavy atom. The molecule has 2 unspecified atom stereocenters. The third-order valence-corrected chi connectivity index (χ3v) is 5.11. The lowest BCUT2D eigenvalue weighted by Crippen LogP contribution is -2.49. The second-order valence-electron chi connectivity index (χ2n) is 4.66. The van der Waals surface area contributed by atoms with Crippen LogP contribution in [0, 0.1) is 8.80 Å². The summed E-state index contributed by atoms with van der Waals surface area (Å²) in [5.74, 6) is 0.821. The van der Waals surface area contributed by atoms with Crippen LogP contribution in [0.4, 0.5) is 0 Å². The molecule has 0 radical (unpaired) electrons. The smallest absolute Gasteiger partial charge is 0.255 e. The summed E-state index contributed by atoms with van der Waals surface area (Å²) in [5, 5.41) is 1.94. The van der Waals surface area contributed by atoms with E-state index >= 15 is 0 Å². The zero-order valence-electron chi connectivity index (χ0n) is 10.3. The largest absolute Gasteiger partial charge is 0.334 e. The molecule has 1 amide bonds. The van der Waals surface area contributed by atoms with Crippen molar-refractivity contribution in [2.45, 2.75) is 25.8 Å². The highest BCUT2D eigenvalue weighted by Gasteiger charge is 2.29. The van der Waals surface area contributed by atoms with Crippen molar-refractivity contribution in [1.29, 1.82) is 0 Å². The standard InChI is InChI=1S/C12H17IN2OS.ClH/c1-8-2-3-15(10(4-8)6-14)12(16)9-5-11(13)17-7-9;/h5,7-8,10H,2-4,6,14H2,1H3;1H. The monoisotopic (exact) mass is 400 g/mol. The highest BCUT2D eigenvalue weighted by molar-refractivity contribution is 14.1. The van der Waals surface area contributed by atoms with E-state index < -0.39 is 0 Å². The maximum Gasteiger partial charge on any atom is 0.255 e. The number of hydrogen-bond donors (Lipinski definition) is 1. The Morgan fingerprint density at radius 2 is 2.39 bits per heavy atom. The van der Waals surface area contributed by atoms with Gasteiger partial charge in [0.2, 0.25) is 0 Å². The van der Waals surface area contributed by atoms with E-state index in [2.05, 4.69) is 29.5 Å². The number of likely N-dealkylation sites (tertiary alicyclic amines) is 1. The Hall–Kier alpha value is 0.150. The van der Waals surface area contributed by atoms with E-state index in [1.54, 1.807) is 11.3 Å². The van der Waals surface area contributed by atoms with Crippen molar-refractivity contribution in [3.05, 3.63) is 19.9 Å². The van der Waals surface area contributed by atoms with Gasteiger partial charge in [0.05, 0.1) is 8.45 Å². The fourth-order valence-electron chi connectivity index (χ4n) is 2.33. The van der Waals surface area contributed by atoms with E-state index in [-0.39, 0.29) is 24.4 Å². The predicted molar refractivity (Wildman–Crippen MR) is 86.6 cm³/mol. The van der Waals surface area contributed by atoms with E-state index in [0.717, 1.165) is 27.8 Å². The number of piperidine rings is 1. The number of carbonyl (C=O) groups excluding carboxylic acids is 1. The first-order valence-electron chi connectivity index (χ1n) is 5.87. The Balaban J connectivity index is 0.00000162. The first-order valence-corrected chi connectivity index (χ1v) is 7.82. The molecule has 0 bridgehead atoms. The summed E-state index contributed by atoms with van der Waals surface area (Å²) < 4.78 is 1.15. The average molecular weight is 401 g/mol. The van der Waals surface area contributed by atoms with Gasteiger partial charge >= 0.3 is 0 Å². The molecule has 3 nitrogen and oxygen atoms in total. The zero-order valence-corrected chi connectivity index (χ0v) is 14.1. The molecule has 102 valence electrons. The molecular formula is C12H18ClIN2OS. The van der Waals surface area contributed by atoms with E-state index in [4.69, 9.17) is 5.73 Å². The van der Waals surface area contributed by atoms with E-state index in [1.807, 2.05) is 16.3 Å². The van der Waals surface area contributed by atoms with Gasteiger partial charge in [0.1, 0.15) is 0 Å². The van der Waals surface area contributed by atoms with Crippen molar-refractivity contribution in [3.63, 3.8) is 0 Å². The van der Waals surface area contributed by atoms with Crippen LogP contribution >= 0.6 is 46.3 Å². The topological polar surface area (TPSA) is 46.3 Å². The van der Waals surface area contributed by atoms with Gasteiger partial charge in [-0.3, -0.25) is 4.79 Å². The van der Waals surface area contributed by atoms with Crippen molar-refractivity contribution in [1.82, 2.24) is 4.90 Å². The molecule has 2 N–H and O–H groups in total. The normalized spacial score (nSPS) is 23.6. The summed E-state index contributed by atoms with van der Waals surface area (Å²) in [7, 11) is 0. The lowest BCUT2D eigenvalue weighted by Gasteiger charge is -2.37. The molecule has 0 aromatic carbocycles. The minimum absolute atomic E-state index is 0. The third kappa shape index (κ3) is 3.59. The van der Waals surface area contributed by atoms with Crippen LogP contribution in [-0.2, 0) is 0 Å². The fraction of sp³-hybridized carbons (Fsp3) is 0.583. The van der Waals surface area contributed by atoms with E-state index in [1.165, 1.54) is 0 Å². The molecule has 0 aliphatic carbocycles. The van der Waals surface area contributed by atoms with Gasteiger partial charge in [-0.2, -0.15) is 0 Å². The summed E-state index contributed by atoms with van der Waals surface area (Å²) in [6, 6.07) is 2.17. The summed E-state index contributed by atoms with van der Waals surface area (Å²) in [6.45, 7) is 3.64. The van der Waals surface area contributed by atoms with E-state index in [0.29, 0.717) is 12.5 Å². The van der Waals surface area contributed by atoms with Gasteiger partial charge in [-0.25, -0.2) is 0 Å². The highest BCUT2D eigenvalue weighted by Crippen LogP contribution is 2.25. The second-order valence-corrected chi connectivity index (χ2v) is 7.46. The van der Waals surface area contributed by atoms with Crippen molar-refractivity contribution < 1.29 is 4.79 Å². The Bertz CT molecular complexity index is 413. The number of thiophene rings is 1. The molecule has 1 aromatic rings. The summed E-state index contributed by atoms with van der Waals surface area (Å²) in [4.78, 5) is 14.3. The first kappa shape index (κ1) is 16.2. The molecule has 1 aliphatic heterocycles. The number of rotatable bonds is 2. The maximum atomic E-state index is 12.4. The van der Waals surface area contributed by atoms with Gasteiger partial charge in [-0.1, -0.05) is 6.92 Å². The number of hydrogen-bond acceptors (Lipinski definition) is 3. The van der Waals surface area contributed by atoms with Crippen LogP contribution in [0.1, 0.15) is 30.1 Å². The molecule has 2 rings (SSSR count). The number of carbonyl (C=O) groups is 1. The van der Waals surface area contributed by atoms with Gasteiger partial charge in [0, 0.05) is 24.5 Å². The molecular weight excluding hydrogens is 383 g/mol. The van der Waals surface area contributed by atoms with Crippen LogP contribution in [0.15, 0.2) is 11.4 Å². The van der Waals surface area contributed by atoms with Crippen LogP contribution in [-0.4, -0.2) is 29.9 Å². The molecule has 1 aliphatic rings. The summed E-state index contributed by atoms with van der Waals surface area (Å²) in [6.07, 6.45) is 2.12. The lowest BCUT2D eigenvalue weighted by molar-refractivity contribution is 0.0574. The predicted octanol–water partition coefficient (Wildman–Crippen LogP) is 2.97. The molecule has 1 saturated heterocycles. The van der Waals surface area contributed by atoms with Crippen molar-refractivity contribution in [2.24, 2.45) is 11.7 Å². The van der Waals surface area contributed by atoms with Crippen LogP contribution in [0.5, 0.6) is 0 Å². The Kier molecular flexibility index (Phi) is 6.37. The second kappa shape index (κ2) is 7.07. The molecule has 2 atom stereocenters. The lowest BCUT2D eigenvalue weighted by atomic mass is 9.92. The minimum atomic E-state index is 0. The summed E-state index contributed by atoms with van der Waals surface area (Å²) in [5.41, 5.74) is 6.60. The molecule has 1 fully saturated rings. The number of halogens is 2. The van der Waals surface area contributed by atoms with Crippen molar-refractivity contribution >= 4 is 52.2 Å². The molecule has 0 spiro atoms.